The third kappa shape index (κ3) is 4.01. The van der Waals surface area contributed by atoms with Crippen molar-refractivity contribution in [3.8, 4) is 0 Å². The zero-order valence-electron chi connectivity index (χ0n) is 15.0. The first-order chi connectivity index (χ1) is 12.7. The van der Waals surface area contributed by atoms with E-state index in [9.17, 15) is 22.8 Å². The molecule has 2 fully saturated rings. The van der Waals surface area contributed by atoms with Gasteiger partial charge >= 0.3 is 12.3 Å². The predicted octanol–water partition coefficient (Wildman–Crippen LogP) is 3.24. The van der Waals surface area contributed by atoms with Gasteiger partial charge in [-0.25, -0.2) is 4.79 Å². The van der Waals surface area contributed by atoms with Crippen LogP contribution in [0.5, 0.6) is 0 Å². The number of amides is 2. The standard InChI is InChI=1S/C18H22F3N3O3/c1-13(18(19,20)21)27-16(26)23-10-6-17(7-11-23)5-3-9-24(17)15(25)14-4-2-8-22-12-14/h2,4,8,12-13H,3,5-7,9-11H2,1H3. The molecule has 0 aliphatic carbocycles. The van der Waals surface area contributed by atoms with Crippen LogP contribution in [-0.2, 0) is 4.74 Å². The Balaban J connectivity index is 1.63. The number of halogens is 3. The number of ether oxygens (including phenoxy) is 1. The lowest BCUT2D eigenvalue weighted by molar-refractivity contribution is -0.200. The maximum absolute atomic E-state index is 12.8. The molecule has 1 spiro atoms. The van der Waals surface area contributed by atoms with Crippen molar-refractivity contribution in [2.45, 2.75) is 50.4 Å². The van der Waals surface area contributed by atoms with E-state index in [1.165, 1.54) is 11.1 Å². The Kier molecular flexibility index (Phi) is 5.30. The number of carbonyl (C=O) groups excluding carboxylic acids is 2. The maximum atomic E-state index is 12.8. The Morgan fingerprint density at radius 3 is 2.52 bits per heavy atom. The molecule has 6 nitrogen and oxygen atoms in total. The van der Waals surface area contributed by atoms with Crippen molar-refractivity contribution in [2.75, 3.05) is 19.6 Å². The van der Waals surface area contributed by atoms with Crippen LogP contribution < -0.4 is 0 Å². The molecule has 9 heteroatoms. The molecule has 27 heavy (non-hydrogen) atoms. The number of likely N-dealkylation sites (tertiary alicyclic amines) is 2. The molecule has 1 unspecified atom stereocenters. The average Bonchev–Trinajstić information content (AvgIpc) is 3.04. The molecule has 1 aromatic rings. The van der Waals surface area contributed by atoms with Gasteiger partial charge in [0.2, 0.25) is 0 Å². The maximum Gasteiger partial charge on any atom is 0.425 e. The summed E-state index contributed by atoms with van der Waals surface area (Å²) >= 11 is 0. The van der Waals surface area contributed by atoms with E-state index in [0.717, 1.165) is 19.8 Å². The number of carbonyl (C=O) groups is 2. The molecule has 148 valence electrons. The fraction of sp³-hybridized carbons (Fsp3) is 0.611. The lowest BCUT2D eigenvalue weighted by atomic mass is 9.84. The molecule has 2 aliphatic rings. The van der Waals surface area contributed by atoms with Crippen molar-refractivity contribution < 1.29 is 27.5 Å². The van der Waals surface area contributed by atoms with E-state index in [0.29, 0.717) is 24.9 Å². The number of piperidine rings is 1. The van der Waals surface area contributed by atoms with Gasteiger partial charge in [-0.1, -0.05) is 0 Å². The largest absolute Gasteiger partial charge is 0.437 e. The third-order valence-electron chi connectivity index (χ3n) is 5.44. The summed E-state index contributed by atoms with van der Waals surface area (Å²) in [6.07, 6.45) is -1.83. The van der Waals surface area contributed by atoms with Crippen LogP contribution in [0.15, 0.2) is 24.5 Å². The molecule has 1 atom stereocenters. The molecule has 0 saturated carbocycles. The van der Waals surface area contributed by atoms with Crippen LogP contribution in [0.25, 0.3) is 0 Å². The minimum Gasteiger partial charge on any atom is -0.437 e. The Hall–Kier alpha value is -2.32. The molecule has 0 N–H and O–H groups in total. The number of alkyl halides is 3. The van der Waals surface area contributed by atoms with E-state index in [1.807, 2.05) is 4.90 Å². The molecular formula is C18H22F3N3O3. The van der Waals surface area contributed by atoms with Crippen molar-refractivity contribution in [2.24, 2.45) is 0 Å². The second-order valence-electron chi connectivity index (χ2n) is 7.08. The minimum atomic E-state index is -4.58. The van der Waals surface area contributed by atoms with E-state index in [4.69, 9.17) is 0 Å². The van der Waals surface area contributed by atoms with Crippen molar-refractivity contribution in [3.05, 3.63) is 30.1 Å². The van der Waals surface area contributed by atoms with Crippen LogP contribution in [0.1, 0.15) is 43.0 Å². The van der Waals surface area contributed by atoms with E-state index in [2.05, 4.69) is 9.72 Å². The topological polar surface area (TPSA) is 62.7 Å². The Morgan fingerprint density at radius 2 is 1.93 bits per heavy atom. The molecule has 0 radical (unpaired) electrons. The van der Waals surface area contributed by atoms with Crippen LogP contribution >= 0.6 is 0 Å². The Morgan fingerprint density at radius 1 is 1.22 bits per heavy atom. The van der Waals surface area contributed by atoms with Gasteiger partial charge in [0.15, 0.2) is 6.10 Å². The molecule has 1 aromatic heterocycles. The summed E-state index contributed by atoms with van der Waals surface area (Å²) in [5, 5.41) is 0. The van der Waals surface area contributed by atoms with Crippen LogP contribution in [0.3, 0.4) is 0 Å². The van der Waals surface area contributed by atoms with Gasteiger partial charge in [0.1, 0.15) is 0 Å². The highest BCUT2D eigenvalue weighted by Gasteiger charge is 2.47. The van der Waals surface area contributed by atoms with Gasteiger partial charge in [-0.2, -0.15) is 13.2 Å². The number of pyridine rings is 1. The number of rotatable bonds is 2. The summed E-state index contributed by atoms with van der Waals surface area (Å²) in [5.41, 5.74) is 0.152. The molecule has 3 rings (SSSR count). The van der Waals surface area contributed by atoms with Gasteiger partial charge in [-0.3, -0.25) is 9.78 Å². The summed E-state index contributed by atoms with van der Waals surface area (Å²) in [7, 11) is 0. The van der Waals surface area contributed by atoms with Crippen molar-refractivity contribution in [1.82, 2.24) is 14.8 Å². The van der Waals surface area contributed by atoms with E-state index < -0.39 is 18.4 Å². The van der Waals surface area contributed by atoms with Crippen molar-refractivity contribution in [3.63, 3.8) is 0 Å². The first kappa shape index (κ1) is 19.4. The first-order valence-corrected chi connectivity index (χ1v) is 8.97. The lowest BCUT2D eigenvalue weighted by Gasteiger charge is -2.44. The summed E-state index contributed by atoms with van der Waals surface area (Å²) in [6.45, 7) is 1.97. The van der Waals surface area contributed by atoms with Crippen LogP contribution in [0.2, 0.25) is 0 Å². The number of hydrogen-bond donors (Lipinski definition) is 0. The highest BCUT2D eigenvalue weighted by atomic mass is 19.4. The molecular weight excluding hydrogens is 363 g/mol. The van der Waals surface area contributed by atoms with E-state index >= 15 is 0 Å². The van der Waals surface area contributed by atoms with Crippen LogP contribution in [0, 0.1) is 0 Å². The first-order valence-electron chi connectivity index (χ1n) is 8.97. The van der Waals surface area contributed by atoms with Gasteiger partial charge < -0.3 is 14.5 Å². The summed E-state index contributed by atoms with van der Waals surface area (Å²) in [4.78, 5) is 32.0. The lowest BCUT2D eigenvalue weighted by Crippen LogP contribution is -2.55. The van der Waals surface area contributed by atoms with Crippen LogP contribution in [0.4, 0.5) is 18.0 Å². The van der Waals surface area contributed by atoms with Gasteiger partial charge in [-0.15, -0.1) is 0 Å². The minimum absolute atomic E-state index is 0.0951. The summed E-state index contributed by atoms with van der Waals surface area (Å²) < 4.78 is 42.2. The van der Waals surface area contributed by atoms with E-state index in [1.54, 1.807) is 18.3 Å². The second-order valence-corrected chi connectivity index (χ2v) is 7.08. The zero-order valence-corrected chi connectivity index (χ0v) is 15.0. The van der Waals surface area contributed by atoms with Crippen LogP contribution in [-0.4, -0.2) is 64.2 Å². The number of aromatic nitrogens is 1. The van der Waals surface area contributed by atoms with Gasteiger partial charge in [-0.05, 0) is 44.7 Å². The Labute approximate surface area is 155 Å². The SMILES string of the molecule is CC(OC(=O)N1CCC2(CCCN2C(=O)c2cccnc2)CC1)C(F)(F)F. The molecule has 2 amide bonds. The molecule has 0 aromatic carbocycles. The van der Waals surface area contributed by atoms with Crippen molar-refractivity contribution in [1.29, 1.82) is 0 Å². The van der Waals surface area contributed by atoms with Gasteiger partial charge in [0, 0.05) is 37.6 Å². The molecule has 3 heterocycles. The highest BCUT2D eigenvalue weighted by molar-refractivity contribution is 5.94. The normalized spacial score (nSPS) is 20.6. The fourth-order valence-electron chi connectivity index (χ4n) is 3.82. The van der Waals surface area contributed by atoms with E-state index in [-0.39, 0.29) is 24.5 Å². The number of nitrogens with zero attached hydrogens (tertiary/aromatic N) is 3. The molecule has 0 bridgehead atoms. The van der Waals surface area contributed by atoms with Gasteiger partial charge in [0.25, 0.3) is 5.91 Å². The van der Waals surface area contributed by atoms with Crippen molar-refractivity contribution >= 4 is 12.0 Å². The monoisotopic (exact) mass is 385 g/mol. The quantitative estimate of drug-likeness (QED) is 0.784. The average molecular weight is 385 g/mol. The zero-order chi connectivity index (χ0) is 19.7. The molecule has 2 aliphatic heterocycles. The predicted molar refractivity (Wildman–Crippen MR) is 90.0 cm³/mol. The van der Waals surface area contributed by atoms with Gasteiger partial charge in [0.05, 0.1) is 5.56 Å². The smallest absolute Gasteiger partial charge is 0.425 e. The summed E-state index contributed by atoms with van der Waals surface area (Å²) in [6, 6.07) is 3.42. The highest BCUT2D eigenvalue weighted by Crippen LogP contribution is 2.39. The molecule has 2 saturated heterocycles. The number of hydrogen-bond acceptors (Lipinski definition) is 4. The third-order valence-corrected chi connectivity index (χ3v) is 5.44. The fourth-order valence-corrected chi connectivity index (χ4v) is 3.82. The Bertz CT molecular complexity index is 688. The summed E-state index contributed by atoms with van der Waals surface area (Å²) in [5.74, 6) is -0.0951. The second kappa shape index (κ2) is 7.36.